The highest BCUT2D eigenvalue weighted by Crippen LogP contribution is 1.83. The Morgan fingerprint density at radius 3 is 2.62 bits per heavy atom. The van der Waals surface area contributed by atoms with Gasteiger partial charge in [0.15, 0.2) is 0 Å². The Labute approximate surface area is 48.2 Å². The van der Waals surface area contributed by atoms with Crippen LogP contribution in [-0.4, -0.2) is 17.5 Å². The maximum absolute atomic E-state index is 10.2. The monoisotopic (exact) mass is 114 g/mol. The van der Waals surface area contributed by atoms with Crippen LogP contribution in [0.25, 0.3) is 0 Å². The molecule has 0 fully saturated rings. The van der Waals surface area contributed by atoms with E-state index < -0.39 is 5.91 Å². The first-order valence-electron chi connectivity index (χ1n) is 2.33. The van der Waals surface area contributed by atoms with Crippen molar-refractivity contribution < 1.29 is 4.79 Å². The number of carbonyl (C=O) groups is 1. The minimum Gasteiger partial charge on any atom is -0.756 e. The van der Waals surface area contributed by atoms with E-state index in [0.29, 0.717) is 5.06 Å². The molecule has 0 rings (SSSR count). The summed E-state index contributed by atoms with van der Waals surface area (Å²) in [5.74, 6) is -0.576. The van der Waals surface area contributed by atoms with E-state index in [9.17, 15) is 10.0 Å². The fourth-order valence-corrected chi connectivity index (χ4v) is 0.258. The second kappa shape index (κ2) is 3.21. The molecule has 1 amide bonds. The number of rotatable bonds is 2. The van der Waals surface area contributed by atoms with Crippen LogP contribution in [0.4, 0.5) is 0 Å². The van der Waals surface area contributed by atoms with Gasteiger partial charge < -0.3 is 10.3 Å². The van der Waals surface area contributed by atoms with E-state index in [1.165, 1.54) is 0 Å². The Hall–Kier alpha value is -0.830. The van der Waals surface area contributed by atoms with Gasteiger partial charge in [-0.2, -0.15) is 0 Å². The molecule has 0 bridgehead atoms. The molecule has 46 valence electrons. The SMILES string of the molecule is C=CC(=O)N([O-])CC. The van der Waals surface area contributed by atoms with Crippen LogP contribution in [0.15, 0.2) is 12.7 Å². The summed E-state index contributed by atoms with van der Waals surface area (Å²) in [7, 11) is 0. The van der Waals surface area contributed by atoms with Crippen LogP contribution in [0.1, 0.15) is 6.92 Å². The highest BCUT2D eigenvalue weighted by Gasteiger charge is 1.90. The molecule has 0 saturated heterocycles. The van der Waals surface area contributed by atoms with Crippen molar-refractivity contribution in [2.24, 2.45) is 0 Å². The van der Waals surface area contributed by atoms with Crippen LogP contribution in [0, 0.1) is 5.21 Å². The first kappa shape index (κ1) is 7.17. The molecule has 0 aromatic carbocycles. The topological polar surface area (TPSA) is 43.4 Å². The first-order valence-corrected chi connectivity index (χ1v) is 2.33. The first-order chi connectivity index (χ1) is 3.72. The number of carbonyl (C=O) groups excluding carboxylic acids is 1. The van der Waals surface area contributed by atoms with Gasteiger partial charge in [-0.15, -0.1) is 0 Å². The van der Waals surface area contributed by atoms with E-state index in [2.05, 4.69) is 6.58 Å². The summed E-state index contributed by atoms with van der Waals surface area (Å²) in [6, 6.07) is 0. The van der Waals surface area contributed by atoms with Crippen LogP contribution in [-0.2, 0) is 4.79 Å². The maximum atomic E-state index is 10.2. The molecular weight excluding hydrogens is 106 g/mol. The number of nitrogens with zero attached hydrogens (tertiary/aromatic N) is 1. The van der Waals surface area contributed by atoms with E-state index in [1.807, 2.05) is 0 Å². The third-order valence-electron chi connectivity index (χ3n) is 0.708. The normalized spacial score (nSPS) is 8.25. The van der Waals surface area contributed by atoms with Crippen LogP contribution >= 0.6 is 0 Å². The lowest BCUT2D eigenvalue weighted by Crippen LogP contribution is -2.21. The molecule has 0 aliphatic heterocycles. The highest BCUT2D eigenvalue weighted by molar-refractivity contribution is 5.87. The number of hydrogen-bond acceptors (Lipinski definition) is 2. The van der Waals surface area contributed by atoms with Crippen molar-refractivity contribution in [2.75, 3.05) is 6.54 Å². The molecule has 0 N–H and O–H groups in total. The van der Waals surface area contributed by atoms with Crippen LogP contribution in [0.3, 0.4) is 0 Å². The highest BCUT2D eigenvalue weighted by atomic mass is 16.5. The molecular formula is C5H8NO2-. The van der Waals surface area contributed by atoms with Crippen LogP contribution < -0.4 is 0 Å². The van der Waals surface area contributed by atoms with Gasteiger partial charge in [0, 0.05) is 6.54 Å². The number of hydrogen-bond donors (Lipinski definition) is 0. The molecule has 0 aromatic heterocycles. The van der Waals surface area contributed by atoms with Crippen molar-refractivity contribution in [3.8, 4) is 0 Å². The summed E-state index contributed by atoms with van der Waals surface area (Å²) in [5.41, 5.74) is 0. The maximum Gasteiger partial charge on any atom is 0.235 e. The Morgan fingerprint density at radius 1 is 2.00 bits per heavy atom. The van der Waals surface area contributed by atoms with Gasteiger partial charge in [0.2, 0.25) is 5.91 Å². The molecule has 0 spiro atoms. The Kier molecular flexibility index (Phi) is 2.88. The minimum absolute atomic E-state index is 0.185. The predicted octanol–water partition coefficient (Wildman–Crippen LogP) is 0.519. The summed E-state index contributed by atoms with van der Waals surface area (Å²) >= 11 is 0. The molecule has 8 heavy (non-hydrogen) atoms. The van der Waals surface area contributed by atoms with E-state index in [-0.39, 0.29) is 6.54 Å². The molecule has 0 heterocycles. The molecule has 0 aliphatic carbocycles. The van der Waals surface area contributed by atoms with Crippen molar-refractivity contribution in [3.63, 3.8) is 0 Å². The van der Waals surface area contributed by atoms with Crippen molar-refractivity contribution in [1.29, 1.82) is 0 Å². The smallest absolute Gasteiger partial charge is 0.235 e. The molecule has 0 radical (unpaired) electrons. The molecule has 0 saturated carbocycles. The predicted molar refractivity (Wildman–Crippen MR) is 31.0 cm³/mol. The van der Waals surface area contributed by atoms with Gasteiger partial charge >= 0.3 is 0 Å². The lowest BCUT2D eigenvalue weighted by molar-refractivity contribution is -0.123. The van der Waals surface area contributed by atoms with Gasteiger partial charge in [0.05, 0.1) is 0 Å². The fraction of sp³-hybridized carbons (Fsp3) is 0.400. The summed E-state index contributed by atoms with van der Waals surface area (Å²) < 4.78 is 0. The van der Waals surface area contributed by atoms with E-state index in [4.69, 9.17) is 0 Å². The van der Waals surface area contributed by atoms with Crippen molar-refractivity contribution in [3.05, 3.63) is 17.9 Å². The summed E-state index contributed by atoms with van der Waals surface area (Å²) in [6.07, 6.45) is 0.997. The zero-order chi connectivity index (χ0) is 6.57. The van der Waals surface area contributed by atoms with Gasteiger partial charge in [-0.25, -0.2) is 0 Å². The molecule has 0 aliphatic rings. The largest absolute Gasteiger partial charge is 0.756 e. The third-order valence-corrected chi connectivity index (χ3v) is 0.708. The molecule has 0 unspecified atom stereocenters. The quantitative estimate of drug-likeness (QED) is 0.388. The van der Waals surface area contributed by atoms with Gasteiger partial charge in [0.1, 0.15) is 0 Å². The van der Waals surface area contributed by atoms with E-state index >= 15 is 0 Å². The Bertz CT molecular complexity index is 101. The second-order valence-electron chi connectivity index (χ2n) is 1.24. The lowest BCUT2D eigenvalue weighted by atomic mass is 10.5. The molecule has 0 atom stereocenters. The Morgan fingerprint density at radius 2 is 2.50 bits per heavy atom. The van der Waals surface area contributed by atoms with Crippen molar-refractivity contribution >= 4 is 5.91 Å². The third kappa shape index (κ3) is 1.75. The van der Waals surface area contributed by atoms with Gasteiger partial charge in [0.25, 0.3) is 0 Å². The Balaban J connectivity index is 3.62. The van der Waals surface area contributed by atoms with Gasteiger partial charge in [-0.1, -0.05) is 6.58 Å². The van der Waals surface area contributed by atoms with Crippen LogP contribution in [0.2, 0.25) is 0 Å². The molecule has 0 aromatic rings. The summed E-state index contributed by atoms with van der Waals surface area (Å²) in [4.78, 5) is 10.2. The zero-order valence-electron chi connectivity index (χ0n) is 4.76. The molecule has 3 heteroatoms. The average Bonchev–Trinajstić information content (AvgIpc) is 1.84. The lowest BCUT2D eigenvalue weighted by Gasteiger charge is -2.23. The van der Waals surface area contributed by atoms with Crippen LogP contribution in [0.5, 0.6) is 0 Å². The number of hydroxylamine groups is 2. The van der Waals surface area contributed by atoms with Crippen molar-refractivity contribution in [1.82, 2.24) is 5.06 Å². The fourth-order valence-electron chi connectivity index (χ4n) is 0.258. The summed E-state index contributed by atoms with van der Waals surface area (Å²) in [5, 5.41) is 10.6. The second-order valence-corrected chi connectivity index (χ2v) is 1.24. The summed E-state index contributed by atoms with van der Waals surface area (Å²) in [6.45, 7) is 4.93. The van der Waals surface area contributed by atoms with E-state index in [0.717, 1.165) is 6.08 Å². The number of likely N-dealkylation sites (N-methyl/N-ethyl adjacent to an activating group) is 1. The number of amides is 1. The average molecular weight is 114 g/mol. The van der Waals surface area contributed by atoms with Gasteiger partial charge in [-0.05, 0) is 13.0 Å². The van der Waals surface area contributed by atoms with Crippen molar-refractivity contribution in [2.45, 2.75) is 6.92 Å². The van der Waals surface area contributed by atoms with Gasteiger partial charge in [-0.3, -0.25) is 4.79 Å². The zero-order valence-corrected chi connectivity index (χ0v) is 4.76. The molecule has 3 nitrogen and oxygen atoms in total. The van der Waals surface area contributed by atoms with E-state index in [1.54, 1.807) is 6.92 Å². The standard InChI is InChI=1S/C5H8NO2/c1-3-5(7)6(8)4-2/h3H,1,4H2,2H3/q-1. The minimum atomic E-state index is -0.576.